The molecule has 1 atom stereocenters. The Labute approximate surface area is 74.4 Å². The van der Waals surface area contributed by atoms with E-state index in [-0.39, 0.29) is 11.5 Å². The molecule has 0 aromatic heterocycles. The number of aliphatic hydroxyl groups excluding tert-OH is 1. The SMILES string of the molecule is CC(O)CNCCC(C)(C)C#N. The Morgan fingerprint density at radius 2 is 2.17 bits per heavy atom. The number of hydrogen-bond acceptors (Lipinski definition) is 3. The third kappa shape index (κ3) is 6.14. The molecule has 0 aliphatic rings. The summed E-state index contributed by atoms with van der Waals surface area (Å²) in [6.07, 6.45) is 0.506. The minimum Gasteiger partial charge on any atom is -0.392 e. The molecular weight excluding hydrogens is 152 g/mol. The van der Waals surface area contributed by atoms with Crippen LogP contribution in [0.1, 0.15) is 27.2 Å². The fraction of sp³-hybridized carbons (Fsp3) is 0.889. The van der Waals surface area contributed by atoms with E-state index in [2.05, 4.69) is 11.4 Å². The molecule has 3 heteroatoms. The Morgan fingerprint density at radius 3 is 2.58 bits per heavy atom. The van der Waals surface area contributed by atoms with Gasteiger partial charge in [0, 0.05) is 6.54 Å². The molecule has 70 valence electrons. The van der Waals surface area contributed by atoms with Crippen molar-refractivity contribution in [3.8, 4) is 6.07 Å². The molecule has 3 nitrogen and oxygen atoms in total. The molecular formula is C9H18N2O. The van der Waals surface area contributed by atoms with Gasteiger partial charge >= 0.3 is 0 Å². The predicted molar refractivity (Wildman–Crippen MR) is 48.6 cm³/mol. The summed E-state index contributed by atoms with van der Waals surface area (Å²) >= 11 is 0. The molecule has 0 heterocycles. The average Bonchev–Trinajstić information content (AvgIpc) is 1.98. The van der Waals surface area contributed by atoms with E-state index in [1.54, 1.807) is 6.92 Å². The fourth-order valence-corrected chi connectivity index (χ4v) is 0.768. The molecule has 0 aliphatic heterocycles. The zero-order valence-corrected chi connectivity index (χ0v) is 8.09. The number of hydrogen-bond donors (Lipinski definition) is 2. The van der Waals surface area contributed by atoms with Crippen LogP contribution in [0.2, 0.25) is 0 Å². The first-order valence-corrected chi connectivity index (χ1v) is 4.28. The summed E-state index contributed by atoms with van der Waals surface area (Å²) in [7, 11) is 0. The zero-order valence-electron chi connectivity index (χ0n) is 8.09. The van der Waals surface area contributed by atoms with Crippen molar-refractivity contribution in [3.05, 3.63) is 0 Å². The van der Waals surface area contributed by atoms with Gasteiger partial charge in [0.25, 0.3) is 0 Å². The molecule has 1 unspecified atom stereocenters. The van der Waals surface area contributed by atoms with Crippen LogP contribution in [0.4, 0.5) is 0 Å². The van der Waals surface area contributed by atoms with Gasteiger partial charge in [-0.25, -0.2) is 0 Å². The smallest absolute Gasteiger partial charge is 0.0684 e. The summed E-state index contributed by atoms with van der Waals surface area (Å²) in [5.41, 5.74) is -0.258. The van der Waals surface area contributed by atoms with E-state index in [1.807, 2.05) is 13.8 Å². The van der Waals surface area contributed by atoms with Crippen molar-refractivity contribution in [2.75, 3.05) is 13.1 Å². The monoisotopic (exact) mass is 170 g/mol. The number of aliphatic hydroxyl groups is 1. The molecule has 0 aliphatic carbocycles. The maximum atomic E-state index is 8.91. The van der Waals surface area contributed by atoms with Crippen molar-refractivity contribution < 1.29 is 5.11 Å². The molecule has 0 spiro atoms. The lowest BCUT2D eigenvalue weighted by Crippen LogP contribution is -2.27. The first kappa shape index (κ1) is 11.4. The first-order valence-electron chi connectivity index (χ1n) is 4.28. The summed E-state index contributed by atoms with van der Waals surface area (Å²) in [6.45, 7) is 6.95. The minimum atomic E-state index is -0.310. The molecule has 0 fully saturated rings. The molecule has 0 rings (SSSR count). The second kappa shape index (κ2) is 5.13. The largest absolute Gasteiger partial charge is 0.392 e. The lowest BCUT2D eigenvalue weighted by molar-refractivity contribution is 0.190. The number of nitrogens with zero attached hydrogens (tertiary/aromatic N) is 1. The van der Waals surface area contributed by atoms with Gasteiger partial charge in [-0.3, -0.25) is 0 Å². The van der Waals surface area contributed by atoms with E-state index in [0.29, 0.717) is 6.54 Å². The third-order valence-electron chi connectivity index (χ3n) is 1.67. The lowest BCUT2D eigenvalue weighted by Gasteiger charge is -2.15. The second-order valence-corrected chi connectivity index (χ2v) is 3.80. The highest BCUT2D eigenvalue weighted by molar-refractivity contribution is 4.91. The van der Waals surface area contributed by atoms with Gasteiger partial charge < -0.3 is 10.4 Å². The number of nitriles is 1. The Bertz CT molecular complexity index is 158. The van der Waals surface area contributed by atoms with E-state index < -0.39 is 0 Å². The normalized spacial score (nSPS) is 13.9. The zero-order chi connectivity index (χ0) is 9.61. The molecule has 0 bridgehead atoms. The van der Waals surface area contributed by atoms with E-state index in [1.165, 1.54) is 0 Å². The summed E-state index contributed by atoms with van der Waals surface area (Å²) in [4.78, 5) is 0. The van der Waals surface area contributed by atoms with Crippen LogP contribution in [0.5, 0.6) is 0 Å². The highest BCUT2D eigenvalue weighted by Crippen LogP contribution is 2.16. The van der Waals surface area contributed by atoms with Gasteiger partial charge in [0.05, 0.1) is 17.6 Å². The average molecular weight is 170 g/mol. The third-order valence-corrected chi connectivity index (χ3v) is 1.67. The molecule has 12 heavy (non-hydrogen) atoms. The van der Waals surface area contributed by atoms with Crippen LogP contribution >= 0.6 is 0 Å². The Kier molecular flexibility index (Phi) is 4.87. The maximum Gasteiger partial charge on any atom is 0.0684 e. The standard InChI is InChI=1S/C9H18N2O/c1-8(12)6-11-5-4-9(2,3)7-10/h8,11-12H,4-6H2,1-3H3. The van der Waals surface area contributed by atoms with E-state index in [9.17, 15) is 0 Å². The van der Waals surface area contributed by atoms with E-state index in [4.69, 9.17) is 10.4 Å². The second-order valence-electron chi connectivity index (χ2n) is 3.80. The minimum absolute atomic E-state index is 0.258. The van der Waals surface area contributed by atoms with Gasteiger partial charge in [0.2, 0.25) is 0 Å². The number of nitrogens with one attached hydrogen (secondary N) is 1. The molecule has 0 saturated carbocycles. The highest BCUT2D eigenvalue weighted by atomic mass is 16.3. The van der Waals surface area contributed by atoms with Crippen molar-refractivity contribution in [2.24, 2.45) is 5.41 Å². The van der Waals surface area contributed by atoms with Crippen molar-refractivity contribution in [3.63, 3.8) is 0 Å². The lowest BCUT2D eigenvalue weighted by atomic mass is 9.91. The van der Waals surface area contributed by atoms with Gasteiger partial charge in [-0.2, -0.15) is 5.26 Å². The van der Waals surface area contributed by atoms with Crippen molar-refractivity contribution in [1.29, 1.82) is 5.26 Å². The quantitative estimate of drug-likeness (QED) is 0.603. The van der Waals surface area contributed by atoms with E-state index >= 15 is 0 Å². The van der Waals surface area contributed by atoms with Gasteiger partial charge in [-0.05, 0) is 33.7 Å². The molecule has 0 amide bonds. The Hall–Kier alpha value is -0.590. The van der Waals surface area contributed by atoms with Crippen molar-refractivity contribution in [2.45, 2.75) is 33.3 Å². The highest BCUT2D eigenvalue weighted by Gasteiger charge is 2.15. The van der Waals surface area contributed by atoms with Crippen molar-refractivity contribution in [1.82, 2.24) is 5.32 Å². The first-order chi connectivity index (χ1) is 5.48. The van der Waals surface area contributed by atoms with Gasteiger partial charge in [-0.15, -0.1) is 0 Å². The summed E-state index contributed by atoms with van der Waals surface area (Å²) in [5, 5.41) is 20.7. The predicted octanol–water partition coefficient (Wildman–Crippen LogP) is 0.897. The molecule has 2 N–H and O–H groups in total. The summed E-state index contributed by atoms with van der Waals surface area (Å²) in [6, 6.07) is 2.23. The Morgan fingerprint density at radius 1 is 1.58 bits per heavy atom. The fourth-order valence-electron chi connectivity index (χ4n) is 0.768. The van der Waals surface area contributed by atoms with Crippen LogP contribution in [0.25, 0.3) is 0 Å². The summed E-state index contributed by atoms with van der Waals surface area (Å²) < 4.78 is 0. The van der Waals surface area contributed by atoms with Gasteiger partial charge in [0.1, 0.15) is 0 Å². The maximum absolute atomic E-state index is 8.91. The van der Waals surface area contributed by atoms with Crippen LogP contribution < -0.4 is 5.32 Å². The van der Waals surface area contributed by atoms with E-state index in [0.717, 1.165) is 13.0 Å². The van der Waals surface area contributed by atoms with Gasteiger partial charge in [0.15, 0.2) is 0 Å². The van der Waals surface area contributed by atoms with Crippen LogP contribution in [0.15, 0.2) is 0 Å². The molecule has 0 aromatic carbocycles. The molecule has 0 saturated heterocycles. The summed E-state index contributed by atoms with van der Waals surface area (Å²) in [5.74, 6) is 0. The topological polar surface area (TPSA) is 56.0 Å². The van der Waals surface area contributed by atoms with Crippen LogP contribution in [0.3, 0.4) is 0 Å². The molecule has 0 aromatic rings. The van der Waals surface area contributed by atoms with Crippen molar-refractivity contribution >= 4 is 0 Å². The van der Waals surface area contributed by atoms with Crippen LogP contribution in [-0.4, -0.2) is 24.3 Å². The molecule has 0 radical (unpaired) electrons. The number of rotatable bonds is 5. The Balaban J connectivity index is 3.39. The van der Waals surface area contributed by atoms with Crippen LogP contribution in [-0.2, 0) is 0 Å². The van der Waals surface area contributed by atoms with Crippen LogP contribution in [0, 0.1) is 16.7 Å². The van der Waals surface area contributed by atoms with Gasteiger partial charge in [-0.1, -0.05) is 0 Å².